The smallest absolute Gasteiger partial charge is 0.327 e. The molecule has 0 aliphatic carbocycles. The number of carbonyl (C=O) groups excluding carboxylic acids is 2. The molecule has 3 amide bonds. The van der Waals surface area contributed by atoms with Crippen molar-refractivity contribution in [1.29, 1.82) is 0 Å². The first-order valence-corrected chi connectivity index (χ1v) is 6.81. The van der Waals surface area contributed by atoms with Crippen LogP contribution >= 0.6 is 0 Å². The maximum atomic E-state index is 11.7. The number of urea groups is 1. The lowest BCUT2D eigenvalue weighted by Gasteiger charge is -2.19. The van der Waals surface area contributed by atoms with Crippen LogP contribution in [0.5, 0.6) is 5.75 Å². The molecule has 1 N–H and O–H groups in total. The number of rotatable bonds is 5. The molecular weight excluding hydrogens is 272 g/mol. The summed E-state index contributed by atoms with van der Waals surface area (Å²) in [6.07, 6.45) is -0.912. The number of carbonyl (C=O) groups is 2. The molecule has 1 aliphatic heterocycles. The molecule has 0 saturated carbocycles. The highest BCUT2D eigenvalue weighted by Gasteiger charge is 2.34. The highest BCUT2D eigenvalue weighted by atomic mass is 16.5. The van der Waals surface area contributed by atoms with E-state index in [1.165, 1.54) is 4.90 Å². The van der Waals surface area contributed by atoms with Crippen molar-refractivity contribution in [3.05, 3.63) is 29.3 Å². The Balaban J connectivity index is 1.89. The van der Waals surface area contributed by atoms with Gasteiger partial charge in [0.15, 0.2) is 0 Å². The van der Waals surface area contributed by atoms with Gasteiger partial charge in [-0.2, -0.15) is 0 Å². The van der Waals surface area contributed by atoms with Gasteiger partial charge in [0.05, 0.1) is 6.54 Å². The molecule has 0 bridgehead atoms. The zero-order chi connectivity index (χ0) is 15.6. The SMILES string of the molecule is Cc1cc(C)cc(OC[C@@H](O)CN2C(=O)CN(C)C2=O)c1. The molecule has 0 spiro atoms. The van der Waals surface area contributed by atoms with Gasteiger partial charge in [-0.15, -0.1) is 0 Å². The van der Waals surface area contributed by atoms with Crippen LogP contribution in [0.3, 0.4) is 0 Å². The van der Waals surface area contributed by atoms with Crippen molar-refractivity contribution in [2.75, 3.05) is 26.7 Å². The Labute approximate surface area is 123 Å². The van der Waals surface area contributed by atoms with Crippen LogP contribution in [-0.4, -0.2) is 59.7 Å². The predicted molar refractivity (Wildman–Crippen MR) is 77.2 cm³/mol. The number of aliphatic hydroxyl groups excluding tert-OH is 1. The molecule has 6 heteroatoms. The van der Waals surface area contributed by atoms with Crippen molar-refractivity contribution in [2.24, 2.45) is 0 Å². The van der Waals surface area contributed by atoms with E-state index in [9.17, 15) is 14.7 Å². The molecule has 114 valence electrons. The van der Waals surface area contributed by atoms with Crippen molar-refractivity contribution in [3.63, 3.8) is 0 Å². The maximum absolute atomic E-state index is 11.7. The molecule has 1 aliphatic rings. The van der Waals surface area contributed by atoms with E-state index in [-0.39, 0.29) is 31.6 Å². The van der Waals surface area contributed by atoms with Crippen molar-refractivity contribution in [1.82, 2.24) is 9.80 Å². The van der Waals surface area contributed by atoms with E-state index >= 15 is 0 Å². The number of aryl methyl sites for hydroxylation is 2. The Morgan fingerprint density at radius 1 is 1.24 bits per heavy atom. The minimum absolute atomic E-state index is 0.0314. The summed E-state index contributed by atoms with van der Waals surface area (Å²) >= 11 is 0. The van der Waals surface area contributed by atoms with Crippen LogP contribution < -0.4 is 4.74 Å². The van der Waals surface area contributed by atoms with Gasteiger partial charge >= 0.3 is 6.03 Å². The lowest BCUT2D eigenvalue weighted by atomic mass is 10.1. The predicted octanol–water partition coefficient (Wildman–Crippen LogP) is 0.937. The van der Waals surface area contributed by atoms with Crippen LogP contribution in [0.15, 0.2) is 18.2 Å². The number of hydrogen-bond donors (Lipinski definition) is 1. The molecule has 0 radical (unpaired) electrons. The maximum Gasteiger partial charge on any atom is 0.327 e. The zero-order valence-electron chi connectivity index (χ0n) is 12.5. The first-order valence-electron chi connectivity index (χ1n) is 6.81. The summed E-state index contributed by atoms with van der Waals surface area (Å²) in [7, 11) is 1.55. The lowest BCUT2D eigenvalue weighted by molar-refractivity contribution is -0.126. The average Bonchev–Trinajstić information content (AvgIpc) is 2.62. The third kappa shape index (κ3) is 3.72. The number of ether oxygens (including phenoxy) is 1. The molecule has 0 unspecified atom stereocenters. The normalized spacial score (nSPS) is 16.6. The third-order valence-electron chi connectivity index (χ3n) is 3.26. The molecular formula is C15H20N2O4. The Morgan fingerprint density at radius 2 is 1.86 bits per heavy atom. The fraction of sp³-hybridized carbons (Fsp3) is 0.467. The second kappa shape index (κ2) is 6.13. The zero-order valence-corrected chi connectivity index (χ0v) is 12.5. The second-order valence-electron chi connectivity index (χ2n) is 5.43. The van der Waals surface area contributed by atoms with Gasteiger partial charge < -0.3 is 14.7 Å². The molecule has 1 fully saturated rings. The van der Waals surface area contributed by atoms with E-state index in [4.69, 9.17) is 4.74 Å². The topological polar surface area (TPSA) is 70.1 Å². The molecule has 1 heterocycles. The fourth-order valence-corrected chi connectivity index (χ4v) is 2.32. The van der Waals surface area contributed by atoms with Gasteiger partial charge in [0.2, 0.25) is 5.91 Å². The van der Waals surface area contributed by atoms with Crippen LogP contribution in [0.25, 0.3) is 0 Å². The van der Waals surface area contributed by atoms with E-state index in [1.807, 2.05) is 32.0 Å². The number of likely N-dealkylation sites (N-methyl/N-ethyl adjacent to an activating group) is 1. The Bertz CT molecular complexity index is 538. The van der Waals surface area contributed by atoms with Crippen LogP contribution in [0.2, 0.25) is 0 Å². The lowest BCUT2D eigenvalue weighted by Crippen LogP contribution is -2.40. The van der Waals surface area contributed by atoms with Gasteiger partial charge in [-0.25, -0.2) is 4.79 Å². The number of hydrogen-bond acceptors (Lipinski definition) is 4. The third-order valence-corrected chi connectivity index (χ3v) is 3.26. The molecule has 0 aromatic heterocycles. The number of nitrogens with zero attached hydrogens (tertiary/aromatic N) is 2. The van der Waals surface area contributed by atoms with Gasteiger partial charge in [0, 0.05) is 7.05 Å². The number of β-amino-alcohol motifs (C(OH)–C–C–N with tert-alkyl or cyclic N) is 1. The van der Waals surface area contributed by atoms with E-state index in [0.717, 1.165) is 16.0 Å². The Hall–Kier alpha value is -2.08. The monoisotopic (exact) mass is 292 g/mol. The summed E-state index contributed by atoms with van der Waals surface area (Å²) in [6.45, 7) is 3.97. The Kier molecular flexibility index (Phi) is 4.47. The molecule has 6 nitrogen and oxygen atoms in total. The van der Waals surface area contributed by atoms with Gasteiger partial charge in [-0.05, 0) is 37.1 Å². The molecule has 1 aromatic carbocycles. The summed E-state index contributed by atoms with van der Waals surface area (Å²) in [5, 5.41) is 9.94. The van der Waals surface area contributed by atoms with E-state index < -0.39 is 6.10 Å². The number of imide groups is 1. The van der Waals surface area contributed by atoms with E-state index in [2.05, 4.69) is 0 Å². The number of amides is 3. The Morgan fingerprint density at radius 3 is 2.38 bits per heavy atom. The van der Waals surface area contributed by atoms with Crippen LogP contribution in [0.1, 0.15) is 11.1 Å². The summed E-state index contributed by atoms with van der Waals surface area (Å²) in [5.41, 5.74) is 2.15. The standard InChI is InChI=1S/C15H20N2O4/c1-10-4-11(2)6-13(5-10)21-9-12(18)7-17-14(19)8-16(3)15(17)20/h4-6,12,18H,7-9H2,1-3H3/t12-/m0/s1. The van der Waals surface area contributed by atoms with Crippen LogP contribution in [-0.2, 0) is 4.79 Å². The van der Waals surface area contributed by atoms with E-state index in [1.54, 1.807) is 7.05 Å². The molecule has 2 rings (SSSR count). The summed E-state index contributed by atoms with van der Waals surface area (Å²) < 4.78 is 5.52. The summed E-state index contributed by atoms with van der Waals surface area (Å²) in [4.78, 5) is 25.7. The van der Waals surface area contributed by atoms with Crippen molar-refractivity contribution < 1.29 is 19.4 Å². The quantitative estimate of drug-likeness (QED) is 0.820. The number of benzene rings is 1. The first-order chi connectivity index (χ1) is 9.86. The minimum atomic E-state index is -0.912. The van der Waals surface area contributed by atoms with Crippen LogP contribution in [0, 0.1) is 13.8 Å². The van der Waals surface area contributed by atoms with Crippen molar-refractivity contribution in [3.8, 4) is 5.75 Å². The first kappa shape index (κ1) is 15.3. The molecule has 21 heavy (non-hydrogen) atoms. The van der Waals surface area contributed by atoms with Crippen LogP contribution in [0.4, 0.5) is 4.79 Å². The van der Waals surface area contributed by atoms with Gasteiger partial charge in [0.25, 0.3) is 0 Å². The van der Waals surface area contributed by atoms with Gasteiger partial charge in [-0.1, -0.05) is 6.07 Å². The van der Waals surface area contributed by atoms with Crippen molar-refractivity contribution >= 4 is 11.9 Å². The fourth-order valence-electron chi connectivity index (χ4n) is 2.32. The highest BCUT2D eigenvalue weighted by Crippen LogP contribution is 2.16. The van der Waals surface area contributed by atoms with Gasteiger partial charge in [0.1, 0.15) is 25.0 Å². The minimum Gasteiger partial charge on any atom is -0.491 e. The summed E-state index contributed by atoms with van der Waals surface area (Å²) in [5.74, 6) is 0.371. The van der Waals surface area contributed by atoms with Gasteiger partial charge in [-0.3, -0.25) is 9.69 Å². The molecule has 1 atom stereocenters. The molecule has 1 aromatic rings. The summed E-state index contributed by atoms with van der Waals surface area (Å²) in [6, 6.07) is 5.39. The number of aliphatic hydroxyl groups is 1. The molecule has 1 saturated heterocycles. The highest BCUT2D eigenvalue weighted by molar-refractivity contribution is 6.01. The second-order valence-corrected chi connectivity index (χ2v) is 5.43. The average molecular weight is 292 g/mol. The largest absolute Gasteiger partial charge is 0.491 e. The van der Waals surface area contributed by atoms with E-state index in [0.29, 0.717) is 5.75 Å². The van der Waals surface area contributed by atoms with Crippen molar-refractivity contribution in [2.45, 2.75) is 20.0 Å².